The van der Waals surface area contributed by atoms with Crippen LogP contribution in [0.15, 0.2) is 0 Å². The van der Waals surface area contributed by atoms with Crippen LogP contribution < -0.4 is 5.32 Å². The fourth-order valence-corrected chi connectivity index (χ4v) is 2.44. The zero-order valence-corrected chi connectivity index (χ0v) is 12.1. The molecule has 0 aromatic heterocycles. The van der Waals surface area contributed by atoms with Gasteiger partial charge in [-0.1, -0.05) is 15.9 Å². The molecule has 16 heavy (non-hydrogen) atoms. The summed E-state index contributed by atoms with van der Waals surface area (Å²) in [5.41, 5.74) is 0.255. The molecular formula is C12H23BrN2O. The molecule has 0 aliphatic carbocycles. The highest BCUT2D eigenvalue weighted by Crippen LogP contribution is 2.20. The van der Waals surface area contributed by atoms with Crippen LogP contribution >= 0.6 is 15.9 Å². The van der Waals surface area contributed by atoms with Crippen molar-refractivity contribution in [2.45, 2.75) is 51.6 Å². The van der Waals surface area contributed by atoms with E-state index in [-0.39, 0.29) is 11.4 Å². The third-order valence-corrected chi connectivity index (χ3v) is 3.53. The Morgan fingerprint density at radius 2 is 1.94 bits per heavy atom. The van der Waals surface area contributed by atoms with Gasteiger partial charge in [-0.2, -0.15) is 0 Å². The molecule has 0 aromatic rings. The summed E-state index contributed by atoms with van der Waals surface area (Å²) in [7, 11) is 0. The van der Waals surface area contributed by atoms with E-state index in [9.17, 15) is 4.79 Å². The maximum absolute atomic E-state index is 11.4. The summed E-state index contributed by atoms with van der Waals surface area (Å²) in [5.74, 6) is 0.172. The molecule has 4 heteroatoms. The Balaban J connectivity index is 2.30. The van der Waals surface area contributed by atoms with Crippen molar-refractivity contribution in [2.75, 3.05) is 18.4 Å². The van der Waals surface area contributed by atoms with E-state index in [0.717, 1.165) is 31.3 Å². The zero-order chi connectivity index (χ0) is 12.2. The first-order valence-corrected chi connectivity index (χ1v) is 7.16. The number of alkyl halides is 1. The minimum Gasteiger partial charge on any atom is -0.353 e. The van der Waals surface area contributed by atoms with Crippen LogP contribution in [0.4, 0.5) is 0 Å². The van der Waals surface area contributed by atoms with Gasteiger partial charge in [0.2, 0.25) is 5.91 Å². The Labute approximate surface area is 107 Å². The van der Waals surface area contributed by atoms with Gasteiger partial charge in [-0.15, -0.1) is 0 Å². The number of carbonyl (C=O) groups is 1. The van der Waals surface area contributed by atoms with E-state index < -0.39 is 0 Å². The topological polar surface area (TPSA) is 32.3 Å². The number of amides is 1. The molecule has 1 heterocycles. The highest BCUT2D eigenvalue weighted by molar-refractivity contribution is 9.09. The number of halogens is 1. The normalized spacial score (nSPS) is 19.8. The van der Waals surface area contributed by atoms with Crippen LogP contribution in [0.1, 0.15) is 40.0 Å². The van der Waals surface area contributed by atoms with E-state index >= 15 is 0 Å². The lowest BCUT2D eigenvalue weighted by Crippen LogP contribution is -2.50. The summed E-state index contributed by atoms with van der Waals surface area (Å²) in [6.07, 6.45) is 2.73. The van der Waals surface area contributed by atoms with E-state index in [1.54, 1.807) is 0 Å². The summed E-state index contributed by atoms with van der Waals surface area (Å²) in [6.45, 7) is 8.91. The zero-order valence-electron chi connectivity index (χ0n) is 10.6. The summed E-state index contributed by atoms with van der Waals surface area (Å²) in [6, 6.07) is 0.380. The number of rotatable bonds is 3. The number of carbonyl (C=O) groups excluding carboxylic acids is 1. The molecule has 0 bridgehead atoms. The molecule has 1 N–H and O–H groups in total. The Morgan fingerprint density at radius 1 is 1.38 bits per heavy atom. The van der Waals surface area contributed by atoms with Crippen LogP contribution in [0.25, 0.3) is 0 Å². The minimum atomic E-state index is 0.172. The summed E-state index contributed by atoms with van der Waals surface area (Å²) in [5, 5.41) is 3.85. The summed E-state index contributed by atoms with van der Waals surface area (Å²) < 4.78 is 0. The van der Waals surface area contributed by atoms with E-state index in [0.29, 0.717) is 12.5 Å². The molecular weight excluding hydrogens is 268 g/mol. The molecule has 0 radical (unpaired) electrons. The fourth-order valence-electron chi connectivity index (χ4n) is 2.08. The monoisotopic (exact) mass is 290 g/mol. The lowest BCUT2D eigenvalue weighted by Gasteiger charge is -2.41. The summed E-state index contributed by atoms with van der Waals surface area (Å²) >= 11 is 3.28. The molecule has 0 atom stereocenters. The largest absolute Gasteiger partial charge is 0.353 e. The van der Waals surface area contributed by atoms with Gasteiger partial charge in [0.1, 0.15) is 0 Å². The lowest BCUT2D eigenvalue weighted by atomic mass is 9.98. The van der Waals surface area contributed by atoms with Crippen LogP contribution in [-0.4, -0.2) is 40.8 Å². The predicted octanol–water partition coefficient (Wildman–Crippen LogP) is 2.15. The maximum Gasteiger partial charge on any atom is 0.221 e. The molecule has 0 saturated carbocycles. The van der Waals surface area contributed by atoms with Gasteiger partial charge < -0.3 is 5.32 Å². The van der Waals surface area contributed by atoms with Gasteiger partial charge in [0.15, 0.2) is 0 Å². The average Bonchev–Trinajstić information content (AvgIpc) is 2.17. The van der Waals surface area contributed by atoms with Crippen LogP contribution in [0, 0.1) is 0 Å². The van der Waals surface area contributed by atoms with Gasteiger partial charge in [-0.05, 0) is 33.6 Å². The van der Waals surface area contributed by atoms with Crippen molar-refractivity contribution in [1.82, 2.24) is 10.2 Å². The molecule has 1 aliphatic rings. The van der Waals surface area contributed by atoms with Gasteiger partial charge in [0.25, 0.3) is 0 Å². The molecule has 1 saturated heterocycles. The molecule has 1 aliphatic heterocycles. The first-order valence-electron chi connectivity index (χ1n) is 6.04. The smallest absolute Gasteiger partial charge is 0.221 e. The fraction of sp³-hybridized carbons (Fsp3) is 0.917. The van der Waals surface area contributed by atoms with Crippen molar-refractivity contribution < 1.29 is 4.79 Å². The Morgan fingerprint density at radius 3 is 2.38 bits per heavy atom. The number of hydrogen-bond acceptors (Lipinski definition) is 2. The second-order valence-electron chi connectivity index (χ2n) is 5.44. The Hall–Kier alpha value is -0.0900. The van der Waals surface area contributed by atoms with E-state index in [2.05, 4.69) is 46.9 Å². The quantitative estimate of drug-likeness (QED) is 0.808. The number of nitrogens with one attached hydrogen (secondary N) is 1. The van der Waals surface area contributed by atoms with E-state index in [1.807, 2.05) is 0 Å². The first-order chi connectivity index (χ1) is 7.43. The van der Waals surface area contributed by atoms with Crippen molar-refractivity contribution in [3.8, 4) is 0 Å². The number of hydrogen-bond donors (Lipinski definition) is 1. The SMILES string of the molecule is CC(C)(C)N1CCC(NC(=O)CCBr)CC1. The summed E-state index contributed by atoms with van der Waals surface area (Å²) in [4.78, 5) is 13.9. The van der Waals surface area contributed by atoms with Crippen molar-refractivity contribution in [3.63, 3.8) is 0 Å². The molecule has 0 unspecified atom stereocenters. The van der Waals surface area contributed by atoms with E-state index in [4.69, 9.17) is 0 Å². The lowest BCUT2D eigenvalue weighted by molar-refractivity contribution is -0.121. The maximum atomic E-state index is 11.4. The second kappa shape index (κ2) is 6.01. The highest BCUT2D eigenvalue weighted by atomic mass is 79.9. The van der Waals surface area contributed by atoms with Gasteiger partial charge in [0, 0.05) is 36.4 Å². The van der Waals surface area contributed by atoms with Crippen molar-refractivity contribution in [1.29, 1.82) is 0 Å². The Bertz CT molecular complexity index is 230. The number of nitrogens with zero attached hydrogens (tertiary/aromatic N) is 1. The predicted molar refractivity (Wildman–Crippen MR) is 70.9 cm³/mol. The molecule has 0 aromatic carbocycles. The van der Waals surface area contributed by atoms with Gasteiger partial charge in [-0.3, -0.25) is 9.69 Å². The van der Waals surface area contributed by atoms with Gasteiger partial charge >= 0.3 is 0 Å². The molecule has 3 nitrogen and oxygen atoms in total. The molecule has 1 rings (SSSR count). The van der Waals surface area contributed by atoms with Gasteiger partial charge in [-0.25, -0.2) is 0 Å². The van der Waals surface area contributed by atoms with Crippen molar-refractivity contribution >= 4 is 21.8 Å². The molecule has 94 valence electrons. The Kier molecular flexibility index (Phi) is 5.25. The second-order valence-corrected chi connectivity index (χ2v) is 6.23. The molecule has 0 spiro atoms. The van der Waals surface area contributed by atoms with Crippen LogP contribution in [0.5, 0.6) is 0 Å². The minimum absolute atomic E-state index is 0.172. The van der Waals surface area contributed by atoms with Crippen molar-refractivity contribution in [3.05, 3.63) is 0 Å². The van der Waals surface area contributed by atoms with Crippen LogP contribution in [0.2, 0.25) is 0 Å². The third kappa shape index (κ3) is 4.42. The van der Waals surface area contributed by atoms with Crippen LogP contribution in [-0.2, 0) is 4.79 Å². The highest BCUT2D eigenvalue weighted by Gasteiger charge is 2.27. The van der Waals surface area contributed by atoms with Gasteiger partial charge in [0.05, 0.1) is 0 Å². The van der Waals surface area contributed by atoms with Crippen LogP contribution in [0.3, 0.4) is 0 Å². The van der Waals surface area contributed by atoms with Crippen molar-refractivity contribution in [2.24, 2.45) is 0 Å². The molecule has 1 fully saturated rings. The average molecular weight is 291 g/mol. The van der Waals surface area contributed by atoms with E-state index in [1.165, 1.54) is 0 Å². The number of piperidine rings is 1. The third-order valence-electron chi connectivity index (χ3n) is 3.13. The first kappa shape index (κ1) is 14.0. The number of likely N-dealkylation sites (tertiary alicyclic amines) is 1. The standard InChI is InChI=1S/C12H23BrN2O/c1-12(2,3)15-8-5-10(6-9-15)14-11(16)4-7-13/h10H,4-9H2,1-3H3,(H,14,16). The molecule has 1 amide bonds.